The fourth-order valence-electron chi connectivity index (χ4n) is 2.41. The van der Waals surface area contributed by atoms with E-state index in [-0.39, 0.29) is 11.8 Å². The van der Waals surface area contributed by atoms with E-state index in [4.69, 9.17) is 4.74 Å². The van der Waals surface area contributed by atoms with Crippen LogP contribution >= 0.6 is 11.8 Å². The molecular formula is C18H18N2O3S. The van der Waals surface area contributed by atoms with Crippen LogP contribution in [-0.2, 0) is 10.5 Å². The zero-order valence-corrected chi connectivity index (χ0v) is 14.3. The number of carbonyl (C=O) groups is 2. The van der Waals surface area contributed by atoms with Crippen molar-refractivity contribution in [3.8, 4) is 5.75 Å². The highest BCUT2D eigenvalue weighted by atomic mass is 32.2. The maximum absolute atomic E-state index is 12.3. The van der Waals surface area contributed by atoms with Gasteiger partial charge in [-0.2, -0.15) is 11.8 Å². The van der Waals surface area contributed by atoms with Crippen molar-refractivity contribution in [2.75, 3.05) is 16.9 Å². The summed E-state index contributed by atoms with van der Waals surface area (Å²) in [6, 6.07) is 12.7. The second-order valence-electron chi connectivity index (χ2n) is 5.54. The summed E-state index contributed by atoms with van der Waals surface area (Å²) >= 11 is 1.74. The van der Waals surface area contributed by atoms with Gasteiger partial charge in [-0.05, 0) is 49.1 Å². The van der Waals surface area contributed by atoms with E-state index in [0.29, 0.717) is 22.7 Å². The molecule has 1 aliphatic rings. The van der Waals surface area contributed by atoms with E-state index >= 15 is 0 Å². The molecule has 0 spiro atoms. The molecule has 0 bridgehead atoms. The molecule has 0 aromatic heterocycles. The van der Waals surface area contributed by atoms with Crippen molar-refractivity contribution in [1.29, 1.82) is 0 Å². The largest absolute Gasteiger partial charge is 0.479 e. The normalized spacial score (nSPS) is 15.9. The number of thioether (sulfide) groups is 1. The molecule has 1 aliphatic heterocycles. The van der Waals surface area contributed by atoms with Gasteiger partial charge in [-0.3, -0.25) is 9.59 Å². The van der Waals surface area contributed by atoms with E-state index in [2.05, 4.69) is 10.6 Å². The first-order chi connectivity index (χ1) is 11.6. The molecular weight excluding hydrogens is 324 g/mol. The molecule has 3 rings (SSSR count). The lowest BCUT2D eigenvalue weighted by Gasteiger charge is -2.23. The smallest absolute Gasteiger partial charge is 0.265 e. The quantitative estimate of drug-likeness (QED) is 0.892. The highest BCUT2D eigenvalue weighted by molar-refractivity contribution is 7.97. The number of ether oxygens (including phenoxy) is 1. The Morgan fingerprint density at radius 2 is 2.00 bits per heavy atom. The molecule has 2 amide bonds. The molecule has 2 aromatic rings. The zero-order valence-electron chi connectivity index (χ0n) is 13.5. The Balaban J connectivity index is 1.73. The van der Waals surface area contributed by atoms with Crippen molar-refractivity contribution in [2.24, 2.45) is 0 Å². The topological polar surface area (TPSA) is 67.4 Å². The van der Waals surface area contributed by atoms with Gasteiger partial charge >= 0.3 is 0 Å². The molecule has 5 nitrogen and oxygen atoms in total. The molecule has 1 unspecified atom stereocenters. The summed E-state index contributed by atoms with van der Waals surface area (Å²) in [7, 11) is 0. The summed E-state index contributed by atoms with van der Waals surface area (Å²) in [5.41, 5.74) is 2.94. The predicted octanol–water partition coefficient (Wildman–Crippen LogP) is 3.52. The van der Waals surface area contributed by atoms with Crippen molar-refractivity contribution in [1.82, 2.24) is 0 Å². The minimum atomic E-state index is -0.516. The fraction of sp³-hybridized carbons (Fsp3) is 0.222. The van der Waals surface area contributed by atoms with Gasteiger partial charge in [-0.15, -0.1) is 0 Å². The lowest BCUT2D eigenvalue weighted by Crippen LogP contribution is -2.34. The van der Waals surface area contributed by atoms with Crippen LogP contribution in [0.2, 0.25) is 0 Å². The second kappa shape index (κ2) is 6.97. The Morgan fingerprint density at radius 3 is 2.71 bits per heavy atom. The average Bonchev–Trinajstić information content (AvgIpc) is 2.57. The van der Waals surface area contributed by atoms with E-state index in [1.165, 1.54) is 5.56 Å². The molecule has 0 saturated heterocycles. The van der Waals surface area contributed by atoms with Crippen molar-refractivity contribution in [2.45, 2.75) is 18.8 Å². The number of amides is 2. The number of hydrogen-bond donors (Lipinski definition) is 2. The van der Waals surface area contributed by atoms with E-state index < -0.39 is 6.10 Å². The van der Waals surface area contributed by atoms with Gasteiger partial charge in [-0.1, -0.05) is 12.1 Å². The van der Waals surface area contributed by atoms with Gasteiger partial charge in [0.15, 0.2) is 6.10 Å². The summed E-state index contributed by atoms with van der Waals surface area (Å²) < 4.78 is 5.50. The highest BCUT2D eigenvalue weighted by Crippen LogP contribution is 2.32. The number of fused-ring (bicyclic) bond motifs is 1. The Labute approximate surface area is 144 Å². The maximum atomic E-state index is 12.3. The van der Waals surface area contributed by atoms with Gasteiger partial charge in [0.25, 0.3) is 11.8 Å². The average molecular weight is 342 g/mol. The van der Waals surface area contributed by atoms with Crippen molar-refractivity contribution in [3.05, 3.63) is 53.6 Å². The van der Waals surface area contributed by atoms with Gasteiger partial charge in [0.05, 0.1) is 5.69 Å². The van der Waals surface area contributed by atoms with Crippen LogP contribution in [-0.4, -0.2) is 24.2 Å². The van der Waals surface area contributed by atoms with Gasteiger partial charge < -0.3 is 15.4 Å². The molecule has 2 aromatic carbocycles. The lowest BCUT2D eigenvalue weighted by molar-refractivity contribution is -0.122. The Hall–Kier alpha value is -2.47. The number of hydrogen-bond acceptors (Lipinski definition) is 4. The first-order valence-electron chi connectivity index (χ1n) is 7.57. The Morgan fingerprint density at radius 1 is 1.25 bits per heavy atom. The van der Waals surface area contributed by atoms with Gasteiger partial charge in [-0.25, -0.2) is 0 Å². The summed E-state index contributed by atoms with van der Waals surface area (Å²) in [5, 5.41) is 5.60. The van der Waals surface area contributed by atoms with Crippen LogP contribution in [0.15, 0.2) is 42.5 Å². The van der Waals surface area contributed by atoms with Crippen LogP contribution in [0.1, 0.15) is 22.8 Å². The van der Waals surface area contributed by atoms with Crippen LogP contribution in [0.25, 0.3) is 0 Å². The predicted molar refractivity (Wildman–Crippen MR) is 96.8 cm³/mol. The SMILES string of the molecule is CSCc1ccc(C(=O)Nc2ccc3c(c2)NC(=O)C(C)O3)cc1. The third kappa shape index (κ3) is 3.54. The molecule has 0 radical (unpaired) electrons. The number of carbonyl (C=O) groups excluding carboxylic acids is 2. The first-order valence-corrected chi connectivity index (χ1v) is 8.97. The van der Waals surface area contributed by atoms with Crippen LogP contribution in [0.3, 0.4) is 0 Å². The van der Waals surface area contributed by atoms with Gasteiger partial charge in [0.2, 0.25) is 0 Å². The molecule has 6 heteroatoms. The summed E-state index contributed by atoms with van der Waals surface area (Å²) in [6.45, 7) is 1.69. The van der Waals surface area contributed by atoms with Crippen LogP contribution in [0.5, 0.6) is 5.75 Å². The third-order valence-electron chi connectivity index (χ3n) is 3.70. The maximum Gasteiger partial charge on any atom is 0.265 e. The standard InChI is InChI=1S/C18H18N2O3S/c1-11-17(21)20-15-9-14(7-8-16(15)23-11)19-18(22)13-5-3-12(4-6-13)10-24-2/h3-9,11H,10H2,1-2H3,(H,19,22)(H,20,21). The van der Waals surface area contributed by atoms with Crippen LogP contribution < -0.4 is 15.4 Å². The molecule has 0 saturated carbocycles. The molecule has 24 heavy (non-hydrogen) atoms. The minimum Gasteiger partial charge on any atom is -0.479 e. The molecule has 0 fully saturated rings. The van der Waals surface area contributed by atoms with Crippen molar-refractivity contribution in [3.63, 3.8) is 0 Å². The second-order valence-corrected chi connectivity index (χ2v) is 6.41. The number of benzene rings is 2. The Bertz CT molecular complexity index is 774. The van der Waals surface area contributed by atoms with Gasteiger partial charge in [0, 0.05) is 17.0 Å². The summed E-state index contributed by atoms with van der Waals surface area (Å²) in [4.78, 5) is 24.0. The highest BCUT2D eigenvalue weighted by Gasteiger charge is 2.23. The lowest BCUT2D eigenvalue weighted by atomic mass is 10.1. The number of anilines is 2. The molecule has 2 N–H and O–H groups in total. The minimum absolute atomic E-state index is 0.193. The van der Waals surface area contributed by atoms with E-state index in [9.17, 15) is 9.59 Å². The summed E-state index contributed by atoms with van der Waals surface area (Å²) in [5.74, 6) is 1.13. The number of nitrogens with one attached hydrogen (secondary N) is 2. The first kappa shape index (κ1) is 16.4. The van der Waals surface area contributed by atoms with E-state index in [0.717, 1.165) is 5.75 Å². The number of rotatable bonds is 4. The molecule has 124 valence electrons. The fourth-order valence-corrected chi connectivity index (χ4v) is 2.93. The summed E-state index contributed by atoms with van der Waals surface area (Å²) in [6.07, 6.45) is 1.53. The molecule has 1 heterocycles. The van der Waals surface area contributed by atoms with E-state index in [1.807, 2.05) is 30.5 Å². The third-order valence-corrected chi connectivity index (χ3v) is 4.32. The van der Waals surface area contributed by atoms with Crippen molar-refractivity contribution < 1.29 is 14.3 Å². The van der Waals surface area contributed by atoms with Gasteiger partial charge in [0.1, 0.15) is 5.75 Å². The Kier molecular flexibility index (Phi) is 4.76. The van der Waals surface area contributed by atoms with E-state index in [1.54, 1.807) is 36.9 Å². The van der Waals surface area contributed by atoms with Crippen LogP contribution in [0, 0.1) is 0 Å². The zero-order chi connectivity index (χ0) is 17.1. The van der Waals surface area contributed by atoms with Crippen LogP contribution in [0.4, 0.5) is 11.4 Å². The van der Waals surface area contributed by atoms with Crippen molar-refractivity contribution >= 4 is 35.0 Å². The molecule has 0 aliphatic carbocycles. The monoisotopic (exact) mass is 342 g/mol. The molecule has 1 atom stereocenters.